The first-order chi connectivity index (χ1) is 12.1. The van der Waals surface area contributed by atoms with Crippen LogP contribution in [0.3, 0.4) is 0 Å². The molecule has 2 aromatic rings. The molecule has 4 rings (SSSR count). The van der Waals surface area contributed by atoms with Crippen LogP contribution in [0.4, 0.5) is 0 Å². The smallest absolute Gasteiger partial charge is 0.182 e. The first kappa shape index (κ1) is 15.8. The third kappa shape index (κ3) is 2.51. The van der Waals surface area contributed by atoms with Crippen LogP contribution < -0.4 is 14.2 Å². The van der Waals surface area contributed by atoms with Crippen molar-refractivity contribution in [1.82, 2.24) is 0 Å². The molecule has 0 unspecified atom stereocenters. The summed E-state index contributed by atoms with van der Waals surface area (Å²) in [5, 5.41) is 10.1. The van der Waals surface area contributed by atoms with Crippen LogP contribution in [0.2, 0.25) is 0 Å². The van der Waals surface area contributed by atoms with Gasteiger partial charge >= 0.3 is 0 Å². The standard InChI is InChI=1S/C20H21NO4/c1-23-18-9-13-6-16-15-10-20(25-3)19(24-2)8-12(15)4-5-21(16)11-14(13)7-17(18)22/h7-11,16H,4-6H2,1-3H3/p+1/t16-/m0/s1. The summed E-state index contributed by atoms with van der Waals surface area (Å²) in [6, 6.07) is 8.17. The van der Waals surface area contributed by atoms with E-state index in [-0.39, 0.29) is 11.8 Å². The molecule has 5 nitrogen and oxygen atoms in total. The number of phenols is 1. The third-order valence-electron chi connectivity index (χ3n) is 5.20. The molecule has 1 N–H and O–H groups in total. The predicted molar refractivity (Wildman–Crippen MR) is 94.6 cm³/mol. The van der Waals surface area contributed by atoms with E-state index < -0.39 is 0 Å². The van der Waals surface area contributed by atoms with E-state index in [4.69, 9.17) is 14.2 Å². The molecule has 2 aromatic carbocycles. The molecule has 1 atom stereocenters. The zero-order chi connectivity index (χ0) is 17.6. The van der Waals surface area contributed by atoms with E-state index in [2.05, 4.69) is 22.9 Å². The number of hydrogen-bond acceptors (Lipinski definition) is 4. The van der Waals surface area contributed by atoms with E-state index in [0.717, 1.165) is 36.4 Å². The topological polar surface area (TPSA) is 50.9 Å². The van der Waals surface area contributed by atoms with Gasteiger partial charge in [0.15, 0.2) is 35.3 Å². The molecular weight excluding hydrogens is 318 g/mol. The molecule has 2 aliphatic rings. The third-order valence-corrected chi connectivity index (χ3v) is 5.20. The van der Waals surface area contributed by atoms with Crippen molar-refractivity contribution in [3.05, 3.63) is 46.5 Å². The van der Waals surface area contributed by atoms with Gasteiger partial charge in [-0.25, -0.2) is 4.58 Å². The lowest BCUT2D eigenvalue weighted by Crippen LogP contribution is -2.33. The number of aromatic hydroxyl groups is 1. The van der Waals surface area contributed by atoms with E-state index >= 15 is 0 Å². The minimum atomic E-state index is 0.180. The van der Waals surface area contributed by atoms with Crippen molar-refractivity contribution in [2.45, 2.75) is 18.9 Å². The van der Waals surface area contributed by atoms with Crippen molar-refractivity contribution in [3.63, 3.8) is 0 Å². The van der Waals surface area contributed by atoms with Gasteiger partial charge in [-0.2, -0.15) is 0 Å². The van der Waals surface area contributed by atoms with Gasteiger partial charge in [-0.05, 0) is 35.4 Å². The fraction of sp³-hybridized carbons (Fsp3) is 0.350. The molecule has 0 saturated carbocycles. The van der Waals surface area contributed by atoms with Crippen LogP contribution in [0.1, 0.15) is 28.3 Å². The summed E-state index contributed by atoms with van der Waals surface area (Å²) >= 11 is 0. The Bertz CT molecular complexity index is 872. The summed E-state index contributed by atoms with van der Waals surface area (Å²) in [6.45, 7) is 0.944. The van der Waals surface area contributed by atoms with Crippen LogP contribution in [-0.4, -0.2) is 43.8 Å². The average molecular weight is 340 g/mol. The molecule has 5 heteroatoms. The van der Waals surface area contributed by atoms with Gasteiger partial charge in [-0.1, -0.05) is 0 Å². The maximum atomic E-state index is 10.1. The fourth-order valence-corrected chi connectivity index (χ4v) is 3.90. The van der Waals surface area contributed by atoms with E-state index in [0.29, 0.717) is 5.75 Å². The first-order valence-electron chi connectivity index (χ1n) is 8.40. The van der Waals surface area contributed by atoms with Gasteiger partial charge in [0.2, 0.25) is 0 Å². The van der Waals surface area contributed by atoms with E-state index in [9.17, 15) is 5.11 Å². The number of fused-ring (bicyclic) bond motifs is 4. The monoisotopic (exact) mass is 340 g/mol. The Morgan fingerprint density at radius 2 is 1.60 bits per heavy atom. The van der Waals surface area contributed by atoms with Gasteiger partial charge in [0.25, 0.3) is 0 Å². The number of phenolic OH excluding ortho intramolecular Hbond substituents is 1. The summed E-state index contributed by atoms with van der Waals surface area (Å²) < 4.78 is 18.6. The summed E-state index contributed by atoms with van der Waals surface area (Å²) in [6.07, 6.45) is 3.97. The normalized spacial score (nSPS) is 17.7. The van der Waals surface area contributed by atoms with E-state index in [1.165, 1.54) is 16.7 Å². The minimum absolute atomic E-state index is 0.180. The predicted octanol–water partition coefficient (Wildman–Crippen LogP) is 2.70. The fourth-order valence-electron chi connectivity index (χ4n) is 3.90. The molecule has 0 aromatic heterocycles. The molecule has 0 amide bonds. The van der Waals surface area contributed by atoms with Crippen molar-refractivity contribution in [2.75, 3.05) is 27.9 Å². The van der Waals surface area contributed by atoms with E-state index in [1.807, 2.05) is 6.07 Å². The Morgan fingerprint density at radius 3 is 2.32 bits per heavy atom. The van der Waals surface area contributed by atoms with Crippen LogP contribution >= 0.6 is 0 Å². The molecule has 0 fully saturated rings. The number of methoxy groups -OCH3 is 3. The summed E-state index contributed by atoms with van der Waals surface area (Å²) in [7, 11) is 4.91. The van der Waals surface area contributed by atoms with Crippen molar-refractivity contribution in [2.24, 2.45) is 0 Å². The first-order valence-corrected chi connectivity index (χ1v) is 8.40. The van der Waals surface area contributed by atoms with Gasteiger partial charge in [-0.3, -0.25) is 0 Å². The quantitative estimate of drug-likeness (QED) is 0.873. The number of nitrogens with zero attached hydrogens (tertiary/aromatic N) is 1. The second-order valence-electron chi connectivity index (χ2n) is 6.47. The maximum absolute atomic E-state index is 10.1. The number of ether oxygens (including phenoxy) is 3. The highest BCUT2D eigenvalue weighted by atomic mass is 16.5. The van der Waals surface area contributed by atoms with Crippen LogP contribution in [0, 0.1) is 0 Å². The lowest BCUT2D eigenvalue weighted by molar-refractivity contribution is -0.573. The van der Waals surface area contributed by atoms with Crippen LogP contribution in [0.15, 0.2) is 24.3 Å². The van der Waals surface area contributed by atoms with Crippen LogP contribution in [0.25, 0.3) is 0 Å². The molecule has 0 aliphatic carbocycles. The zero-order valence-electron chi connectivity index (χ0n) is 14.7. The lowest BCUT2D eigenvalue weighted by Gasteiger charge is -2.28. The molecule has 0 spiro atoms. The van der Waals surface area contributed by atoms with Crippen LogP contribution in [-0.2, 0) is 12.8 Å². The molecule has 2 aliphatic heterocycles. The highest BCUT2D eigenvalue weighted by molar-refractivity contribution is 5.81. The Hall–Kier alpha value is -2.69. The highest BCUT2D eigenvalue weighted by Crippen LogP contribution is 2.41. The maximum Gasteiger partial charge on any atom is 0.182 e. The average Bonchev–Trinajstić information content (AvgIpc) is 2.64. The SMILES string of the molecule is COc1cc2c(cc1O)C=[N+]1CCc3cc(OC)c(OC)cc3[C@@H]1C2. The zero-order valence-corrected chi connectivity index (χ0v) is 14.7. The van der Waals surface area contributed by atoms with Crippen molar-refractivity contribution < 1.29 is 23.9 Å². The van der Waals surface area contributed by atoms with Gasteiger partial charge in [0.1, 0.15) is 6.54 Å². The van der Waals surface area contributed by atoms with Crippen molar-refractivity contribution >= 4 is 6.21 Å². The molecular formula is C20H22NO4+. The van der Waals surface area contributed by atoms with Gasteiger partial charge < -0.3 is 19.3 Å². The lowest BCUT2D eigenvalue weighted by atomic mass is 9.85. The molecule has 130 valence electrons. The summed E-state index contributed by atoms with van der Waals surface area (Å²) in [5.74, 6) is 2.24. The van der Waals surface area contributed by atoms with Crippen LogP contribution in [0.5, 0.6) is 23.0 Å². The number of rotatable bonds is 3. The minimum Gasteiger partial charge on any atom is -0.504 e. The van der Waals surface area contributed by atoms with Gasteiger partial charge in [0.05, 0.1) is 21.3 Å². The Balaban J connectivity index is 1.80. The highest BCUT2D eigenvalue weighted by Gasteiger charge is 2.35. The Morgan fingerprint density at radius 1 is 0.920 bits per heavy atom. The second-order valence-corrected chi connectivity index (χ2v) is 6.47. The Labute approximate surface area is 147 Å². The van der Waals surface area contributed by atoms with E-state index in [1.54, 1.807) is 27.4 Å². The number of hydrogen-bond donors (Lipinski definition) is 1. The summed E-state index contributed by atoms with van der Waals surface area (Å²) in [5.41, 5.74) is 4.82. The van der Waals surface area contributed by atoms with Gasteiger partial charge in [-0.15, -0.1) is 0 Å². The molecule has 0 radical (unpaired) electrons. The van der Waals surface area contributed by atoms with Gasteiger partial charge in [0, 0.05) is 24.0 Å². The van der Waals surface area contributed by atoms with Crippen molar-refractivity contribution in [1.29, 1.82) is 0 Å². The number of benzene rings is 2. The molecule has 2 heterocycles. The van der Waals surface area contributed by atoms with Crippen molar-refractivity contribution in [3.8, 4) is 23.0 Å². The molecule has 25 heavy (non-hydrogen) atoms. The molecule has 0 saturated heterocycles. The largest absolute Gasteiger partial charge is 0.504 e. The molecule has 0 bridgehead atoms. The summed E-state index contributed by atoms with van der Waals surface area (Å²) in [4.78, 5) is 0. The second kappa shape index (κ2) is 5.99. The Kier molecular flexibility index (Phi) is 3.79.